The zero-order valence-electron chi connectivity index (χ0n) is 22.9. The summed E-state index contributed by atoms with van der Waals surface area (Å²) in [7, 11) is 5.99. The van der Waals surface area contributed by atoms with Gasteiger partial charge in [-0.05, 0) is 60.4 Å². The molecule has 40 heavy (non-hydrogen) atoms. The van der Waals surface area contributed by atoms with E-state index in [1.54, 1.807) is 23.3 Å². The Bertz CT molecular complexity index is 1620. The SMILES string of the molecule is CC(=O)c1nn(CC(=O)N2[C@H]([B]c3cccc(Br)n3)C[C@@]3(C)C[C@@H]23)c2cnc(-c3cnc(CN(C)C)nc3)cc12. The van der Waals surface area contributed by atoms with Crippen molar-refractivity contribution in [3.63, 3.8) is 0 Å². The lowest BCUT2D eigenvalue weighted by atomic mass is 9.63. The van der Waals surface area contributed by atoms with Crippen molar-refractivity contribution in [3.05, 3.63) is 59.0 Å². The second-order valence-corrected chi connectivity index (χ2v) is 12.1. The molecule has 1 saturated carbocycles. The first-order valence-electron chi connectivity index (χ1n) is 13.2. The van der Waals surface area contributed by atoms with Crippen molar-refractivity contribution < 1.29 is 9.59 Å². The highest BCUT2D eigenvalue weighted by molar-refractivity contribution is 9.10. The van der Waals surface area contributed by atoms with Crippen molar-refractivity contribution in [1.82, 2.24) is 39.5 Å². The van der Waals surface area contributed by atoms with Crippen molar-refractivity contribution in [2.45, 2.75) is 51.8 Å². The van der Waals surface area contributed by atoms with Gasteiger partial charge in [0.1, 0.15) is 22.7 Å². The van der Waals surface area contributed by atoms with Gasteiger partial charge in [-0.2, -0.15) is 5.10 Å². The highest BCUT2D eigenvalue weighted by Crippen LogP contribution is 2.58. The number of ketones is 1. The first-order valence-corrected chi connectivity index (χ1v) is 14.0. The normalized spacial score (nSPS) is 21.6. The third-order valence-electron chi connectivity index (χ3n) is 7.77. The van der Waals surface area contributed by atoms with Gasteiger partial charge < -0.3 is 9.80 Å². The molecule has 2 aliphatic rings. The van der Waals surface area contributed by atoms with Gasteiger partial charge in [0, 0.05) is 47.8 Å². The number of rotatable bonds is 8. The van der Waals surface area contributed by atoms with Crippen LogP contribution in [0.3, 0.4) is 0 Å². The molecule has 10 nitrogen and oxygen atoms in total. The summed E-state index contributed by atoms with van der Waals surface area (Å²) in [6, 6.07) is 7.80. The molecular formula is C28H29BBrN8O2. The minimum absolute atomic E-state index is 0.0238. The Balaban J connectivity index is 1.27. The van der Waals surface area contributed by atoms with Crippen LogP contribution in [0.1, 0.15) is 43.0 Å². The molecule has 4 aromatic heterocycles. The summed E-state index contributed by atoms with van der Waals surface area (Å²) < 4.78 is 2.37. The number of piperidine rings is 1. The highest BCUT2D eigenvalue weighted by Gasteiger charge is 2.62. The van der Waals surface area contributed by atoms with Crippen LogP contribution in [0.4, 0.5) is 0 Å². The smallest absolute Gasteiger partial charge is 0.244 e. The lowest BCUT2D eigenvalue weighted by molar-refractivity contribution is -0.132. The molecule has 6 rings (SSSR count). The molecule has 0 spiro atoms. The third-order valence-corrected chi connectivity index (χ3v) is 8.22. The lowest BCUT2D eigenvalue weighted by Crippen LogP contribution is -2.47. The first kappa shape index (κ1) is 26.7. The molecule has 1 aliphatic heterocycles. The predicted octanol–water partition coefficient (Wildman–Crippen LogP) is 2.68. The van der Waals surface area contributed by atoms with Gasteiger partial charge >= 0.3 is 0 Å². The van der Waals surface area contributed by atoms with Gasteiger partial charge in [-0.15, -0.1) is 0 Å². The van der Waals surface area contributed by atoms with Gasteiger partial charge in [-0.25, -0.2) is 9.97 Å². The quantitative estimate of drug-likeness (QED) is 0.173. The molecular weight excluding hydrogens is 571 g/mol. The lowest BCUT2D eigenvalue weighted by Gasteiger charge is -2.27. The molecule has 1 saturated heterocycles. The molecule has 3 atom stereocenters. The van der Waals surface area contributed by atoms with E-state index in [0.717, 1.165) is 28.6 Å². The van der Waals surface area contributed by atoms with Crippen LogP contribution < -0.4 is 5.59 Å². The zero-order chi connectivity index (χ0) is 28.2. The van der Waals surface area contributed by atoms with Crippen LogP contribution in [0.5, 0.6) is 0 Å². The zero-order valence-corrected chi connectivity index (χ0v) is 24.5. The highest BCUT2D eigenvalue weighted by atomic mass is 79.9. The number of Topliss-reactive ketones (excluding diaryl/α,β-unsaturated/α-hetero) is 1. The van der Waals surface area contributed by atoms with Gasteiger partial charge in [-0.1, -0.05) is 19.1 Å². The maximum atomic E-state index is 13.8. The fourth-order valence-corrected chi connectivity index (χ4v) is 6.08. The van der Waals surface area contributed by atoms with Crippen LogP contribution in [0.25, 0.3) is 22.2 Å². The van der Waals surface area contributed by atoms with E-state index in [9.17, 15) is 9.59 Å². The van der Waals surface area contributed by atoms with Gasteiger partial charge in [0.2, 0.25) is 13.2 Å². The maximum Gasteiger partial charge on any atom is 0.244 e. The summed E-state index contributed by atoms with van der Waals surface area (Å²) in [6.07, 6.45) is 7.03. The van der Waals surface area contributed by atoms with Crippen LogP contribution in [0.15, 0.2) is 47.5 Å². The molecule has 4 aromatic rings. The number of amides is 1. The maximum absolute atomic E-state index is 13.8. The van der Waals surface area contributed by atoms with Crippen LogP contribution in [0.2, 0.25) is 0 Å². The minimum Gasteiger partial charge on any atom is -0.342 e. The Labute approximate surface area is 241 Å². The number of aromatic nitrogens is 6. The molecule has 5 heterocycles. The van der Waals surface area contributed by atoms with E-state index < -0.39 is 0 Å². The van der Waals surface area contributed by atoms with E-state index in [0.29, 0.717) is 34.7 Å². The minimum atomic E-state index is -0.172. The molecule has 2 fully saturated rings. The fraction of sp³-hybridized carbons (Fsp3) is 0.393. The van der Waals surface area contributed by atoms with Crippen molar-refractivity contribution in [1.29, 1.82) is 0 Å². The van der Waals surface area contributed by atoms with E-state index in [-0.39, 0.29) is 35.6 Å². The standard InChI is InChI=1S/C28H29BBrN8O2/c1-16(39)27-18-8-19(17-11-32-25(33-12-17)14-36(3)4)31-13-20(18)37(35-27)15-26(40)38-21-9-28(21,2)10-23(38)29-22-6-5-7-24(30)34-22/h5-8,11-13,21,23H,9-10,14-15H2,1-4H3/t21-,23+,28-/m1/s1. The number of hydrogen-bond donors (Lipinski definition) is 0. The van der Waals surface area contributed by atoms with Gasteiger partial charge in [-0.3, -0.25) is 24.2 Å². The molecule has 0 bridgehead atoms. The number of carbonyl (C=O) groups is 2. The van der Waals surface area contributed by atoms with E-state index in [1.165, 1.54) is 6.92 Å². The number of likely N-dealkylation sites (tertiary alicyclic amines) is 1. The van der Waals surface area contributed by atoms with E-state index in [2.05, 4.69) is 55.2 Å². The van der Waals surface area contributed by atoms with Crippen LogP contribution in [-0.4, -0.2) is 84.6 Å². The molecule has 0 N–H and O–H groups in total. The summed E-state index contributed by atoms with van der Waals surface area (Å²) in [5, 5.41) is 5.23. The first-order chi connectivity index (χ1) is 19.1. The van der Waals surface area contributed by atoms with Crippen molar-refractivity contribution >= 4 is 51.4 Å². The van der Waals surface area contributed by atoms with Crippen LogP contribution in [-0.2, 0) is 17.9 Å². The molecule has 1 amide bonds. The monoisotopic (exact) mass is 599 g/mol. The summed E-state index contributed by atoms with van der Waals surface area (Å²) >= 11 is 3.43. The van der Waals surface area contributed by atoms with Crippen molar-refractivity contribution in [2.24, 2.45) is 5.41 Å². The number of carbonyl (C=O) groups excluding carboxylic acids is 2. The Morgan fingerprint density at radius 1 is 1.15 bits per heavy atom. The number of halogens is 1. The van der Waals surface area contributed by atoms with Crippen molar-refractivity contribution in [3.8, 4) is 11.3 Å². The van der Waals surface area contributed by atoms with E-state index >= 15 is 0 Å². The Morgan fingerprint density at radius 2 is 1.93 bits per heavy atom. The summed E-state index contributed by atoms with van der Waals surface area (Å²) in [4.78, 5) is 48.3. The number of hydrogen-bond acceptors (Lipinski definition) is 8. The van der Waals surface area contributed by atoms with Gasteiger partial charge in [0.25, 0.3) is 0 Å². The summed E-state index contributed by atoms with van der Waals surface area (Å²) in [5.41, 5.74) is 3.30. The molecule has 12 heteroatoms. The van der Waals surface area contributed by atoms with Crippen LogP contribution >= 0.6 is 15.9 Å². The largest absolute Gasteiger partial charge is 0.342 e. The Hall–Kier alpha value is -3.51. The van der Waals surface area contributed by atoms with E-state index in [4.69, 9.17) is 0 Å². The van der Waals surface area contributed by atoms with E-state index in [1.807, 2.05) is 48.2 Å². The number of pyridine rings is 2. The second kappa shape index (κ2) is 10.2. The molecule has 1 radical (unpaired) electrons. The van der Waals surface area contributed by atoms with Gasteiger partial charge in [0.15, 0.2) is 5.78 Å². The molecule has 203 valence electrons. The predicted molar refractivity (Wildman–Crippen MR) is 155 cm³/mol. The summed E-state index contributed by atoms with van der Waals surface area (Å²) in [6.45, 7) is 4.38. The molecule has 0 aromatic carbocycles. The second-order valence-electron chi connectivity index (χ2n) is 11.3. The third kappa shape index (κ3) is 5.06. The van der Waals surface area contributed by atoms with Gasteiger partial charge in [0.05, 0.1) is 24.0 Å². The topological polar surface area (TPSA) is 110 Å². The van der Waals surface area contributed by atoms with Crippen LogP contribution in [0, 0.1) is 5.41 Å². The summed E-state index contributed by atoms with van der Waals surface area (Å²) in [5.74, 6) is 0.461. The molecule has 0 unspecified atom stereocenters. The average molecular weight is 600 g/mol. The number of fused-ring (bicyclic) bond motifs is 2. The number of nitrogens with zero attached hydrogens (tertiary/aromatic N) is 8. The van der Waals surface area contributed by atoms with Crippen molar-refractivity contribution in [2.75, 3.05) is 14.1 Å². The fourth-order valence-electron chi connectivity index (χ4n) is 5.73. The Kier molecular flexibility index (Phi) is 6.78. The molecule has 1 aliphatic carbocycles. The average Bonchev–Trinajstić information content (AvgIpc) is 3.27. The Morgan fingerprint density at radius 3 is 2.62 bits per heavy atom.